The molecule has 3 fully saturated rings. The van der Waals surface area contributed by atoms with Gasteiger partial charge in [-0.3, -0.25) is 4.79 Å². The van der Waals surface area contributed by atoms with E-state index in [-0.39, 0.29) is 34.7 Å². The molecule has 0 aromatic heterocycles. The molecule has 1 amide bonds. The highest BCUT2D eigenvalue weighted by atomic mass is 19.1. The quantitative estimate of drug-likeness (QED) is 0.773. The molecule has 30 heavy (non-hydrogen) atoms. The van der Waals surface area contributed by atoms with E-state index >= 15 is 0 Å². The van der Waals surface area contributed by atoms with Gasteiger partial charge < -0.3 is 10.0 Å². The molecule has 0 saturated heterocycles. The van der Waals surface area contributed by atoms with E-state index < -0.39 is 0 Å². The maximum absolute atomic E-state index is 13.5. The Balaban J connectivity index is 1.54. The Labute approximate surface area is 179 Å². The van der Waals surface area contributed by atoms with Crippen LogP contribution >= 0.6 is 0 Å². The van der Waals surface area contributed by atoms with Crippen molar-refractivity contribution in [3.8, 4) is 0 Å². The molecule has 4 aliphatic rings. The van der Waals surface area contributed by atoms with Crippen molar-refractivity contribution in [2.24, 2.45) is 34.5 Å². The van der Waals surface area contributed by atoms with Crippen molar-refractivity contribution in [2.45, 2.75) is 64.5 Å². The average Bonchev–Trinajstić information content (AvgIpc) is 3.02. The molecule has 0 spiro atoms. The van der Waals surface area contributed by atoms with Crippen LogP contribution in [-0.2, 0) is 11.2 Å². The minimum absolute atomic E-state index is 0.0326. The maximum atomic E-state index is 13.5. The Morgan fingerprint density at radius 1 is 1.13 bits per heavy atom. The summed E-state index contributed by atoms with van der Waals surface area (Å²) in [4.78, 5) is 14.6. The smallest absolute Gasteiger partial charge is 0.246 e. The van der Waals surface area contributed by atoms with Crippen molar-refractivity contribution in [1.82, 2.24) is 4.90 Å². The average molecular weight is 412 g/mol. The van der Waals surface area contributed by atoms with E-state index in [1.54, 1.807) is 18.2 Å². The minimum Gasteiger partial charge on any atom is -0.393 e. The lowest BCUT2D eigenvalue weighted by molar-refractivity contribution is -0.148. The molecule has 1 aromatic carbocycles. The van der Waals surface area contributed by atoms with Crippen LogP contribution in [-0.4, -0.2) is 35.1 Å². The van der Waals surface area contributed by atoms with Gasteiger partial charge in [0.1, 0.15) is 5.82 Å². The molecular weight excluding hydrogens is 377 g/mol. The SMILES string of the molecule is CN1C(=O)C=C[C@@]2(C)C1C(Cc1ccc(F)cc1)C[C@@H]1[C@H]2CC[C@]2(C)C(O)CC[C@@H]12. The van der Waals surface area contributed by atoms with Crippen LogP contribution in [0.4, 0.5) is 4.39 Å². The number of aliphatic hydroxyl groups is 1. The lowest BCUT2D eigenvalue weighted by Gasteiger charge is -2.62. The fraction of sp³-hybridized carbons (Fsp3) is 0.654. The van der Waals surface area contributed by atoms with Gasteiger partial charge in [-0.25, -0.2) is 4.39 Å². The molecule has 1 heterocycles. The zero-order valence-corrected chi connectivity index (χ0v) is 18.4. The zero-order valence-electron chi connectivity index (χ0n) is 18.4. The molecule has 3 aliphatic carbocycles. The number of carbonyl (C=O) groups excluding carboxylic acids is 1. The summed E-state index contributed by atoms with van der Waals surface area (Å²) in [6.07, 6.45) is 9.99. The summed E-state index contributed by atoms with van der Waals surface area (Å²) in [5, 5.41) is 10.8. The molecule has 4 heteroatoms. The molecule has 3 unspecified atom stereocenters. The second-order valence-electron chi connectivity index (χ2n) is 10.9. The largest absolute Gasteiger partial charge is 0.393 e. The van der Waals surface area contributed by atoms with Crippen molar-refractivity contribution in [2.75, 3.05) is 7.05 Å². The van der Waals surface area contributed by atoms with Crippen molar-refractivity contribution in [3.63, 3.8) is 0 Å². The number of likely N-dealkylation sites (N-methyl/N-ethyl adjacent to an activating group) is 1. The Morgan fingerprint density at radius 3 is 2.60 bits per heavy atom. The van der Waals surface area contributed by atoms with Crippen LogP contribution in [0.2, 0.25) is 0 Å². The monoisotopic (exact) mass is 411 g/mol. The molecule has 3 nitrogen and oxygen atoms in total. The zero-order chi connectivity index (χ0) is 21.3. The predicted molar refractivity (Wildman–Crippen MR) is 115 cm³/mol. The van der Waals surface area contributed by atoms with Gasteiger partial charge in [-0.15, -0.1) is 0 Å². The van der Waals surface area contributed by atoms with Crippen LogP contribution in [0.15, 0.2) is 36.4 Å². The summed E-state index contributed by atoms with van der Waals surface area (Å²) in [5.74, 6) is 1.89. The van der Waals surface area contributed by atoms with E-state index in [1.165, 1.54) is 0 Å². The van der Waals surface area contributed by atoms with E-state index in [2.05, 4.69) is 19.9 Å². The van der Waals surface area contributed by atoms with Gasteiger partial charge in [0.25, 0.3) is 0 Å². The fourth-order valence-electron chi connectivity index (χ4n) is 8.15. The van der Waals surface area contributed by atoms with Crippen LogP contribution in [0.5, 0.6) is 0 Å². The number of benzene rings is 1. The van der Waals surface area contributed by atoms with Crippen LogP contribution in [0.3, 0.4) is 0 Å². The highest BCUT2D eigenvalue weighted by Gasteiger charge is 2.62. The number of hydrogen-bond donors (Lipinski definition) is 1. The first-order valence-corrected chi connectivity index (χ1v) is 11.6. The first kappa shape index (κ1) is 20.2. The van der Waals surface area contributed by atoms with Crippen molar-refractivity contribution < 1.29 is 14.3 Å². The summed E-state index contributed by atoms with van der Waals surface area (Å²) in [7, 11) is 1.96. The van der Waals surface area contributed by atoms with Gasteiger partial charge in [0, 0.05) is 18.5 Å². The van der Waals surface area contributed by atoms with Crippen LogP contribution in [0.25, 0.3) is 0 Å². The summed E-state index contributed by atoms with van der Waals surface area (Å²) in [6.45, 7) is 4.67. The Morgan fingerprint density at radius 2 is 1.87 bits per heavy atom. The van der Waals surface area contributed by atoms with Gasteiger partial charge in [-0.1, -0.05) is 32.1 Å². The molecule has 1 N–H and O–H groups in total. The Hall–Kier alpha value is -1.68. The number of nitrogens with zero attached hydrogens (tertiary/aromatic N) is 1. The number of carbonyl (C=O) groups is 1. The molecule has 5 rings (SSSR count). The molecular formula is C26H34FNO2. The van der Waals surface area contributed by atoms with E-state index in [1.807, 2.05) is 24.1 Å². The van der Waals surface area contributed by atoms with Crippen molar-refractivity contribution in [3.05, 3.63) is 47.8 Å². The third kappa shape index (κ3) is 2.82. The van der Waals surface area contributed by atoms with E-state index in [4.69, 9.17) is 0 Å². The second-order valence-corrected chi connectivity index (χ2v) is 10.9. The molecule has 0 radical (unpaired) electrons. The predicted octanol–water partition coefficient (Wildman–Crippen LogP) is 4.59. The third-order valence-corrected chi connectivity index (χ3v) is 9.61. The standard InChI is InChI=1S/C26H34FNO2/c1-25-12-10-21-19(20(25)8-9-22(25)29)15-17(14-16-4-6-18(27)7-5-16)24-26(21,2)13-11-23(30)28(24)3/h4-7,11,13,17,19-22,24,29H,8-10,12,14-15H2,1-3H3/t17?,19-,20-,21+,22?,24?,25-,26+/m0/s1. The van der Waals surface area contributed by atoms with Gasteiger partial charge in [0.15, 0.2) is 0 Å². The van der Waals surface area contributed by atoms with Gasteiger partial charge >= 0.3 is 0 Å². The van der Waals surface area contributed by atoms with Gasteiger partial charge in [-0.2, -0.15) is 0 Å². The van der Waals surface area contributed by atoms with E-state index in [9.17, 15) is 14.3 Å². The molecule has 8 atom stereocenters. The normalized spacial score (nSPS) is 45.1. The van der Waals surface area contributed by atoms with Gasteiger partial charge in [0.2, 0.25) is 5.91 Å². The second kappa shape index (κ2) is 6.91. The molecule has 0 bridgehead atoms. The molecule has 1 aliphatic heterocycles. The third-order valence-electron chi connectivity index (χ3n) is 9.61. The number of aliphatic hydroxyl groups excluding tert-OH is 1. The lowest BCUT2D eigenvalue weighted by atomic mass is 9.46. The number of hydrogen-bond acceptors (Lipinski definition) is 2. The summed E-state index contributed by atoms with van der Waals surface area (Å²) < 4.78 is 13.5. The lowest BCUT2D eigenvalue weighted by Crippen LogP contribution is -2.63. The first-order valence-electron chi connectivity index (χ1n) is 11.6. The number of rotatable bonds is 2. The van der Waals surface area contributed by atoms with Crippen LogP contribution in [0.1, 0.15) is 51.5 Å². The molecule has 162 valence electrons. The Bertz CT molecular complexity index is 866. The highest BCUT2D eigenvalue weighted by molar-refractivity contribution is 5.89. The summed E-state index contributed by atoms with van der Waals surface area (Å²) in [6, 6.07) is 7.03. The number of amides is 1. The topological polar surface area (TPSA) is 40.5 Å². The summed E-state index contributed by atoms with van der Waals surface area (Å²) in [5.41, 5.74) is 1.12. The number of halogens is 1. The van der Waals surface area contributed by atoms with Gasteiger partial charge in [-0.05, 0) is 91.4 Å². The van der Waals surface area contributed by atoms with E-state index in [0.717, 1.165) is 44.1 Å². The molecule has 3 saturated carbocycles. The minimum atomic E-state index is -0.205. The maximum Gasteiger partial charge on any atom is 0.246 e. The summed E-state index contributed by atoms with van der Waals surface area (Å²) >= 11 is 0. The van der Waals surface area contributed by atoms with Crippen LogP contribution in [0, 0.1) is 40.3 Å². The highest BCUT2D eigenvalue weighted by Crippen LogP contribution is 2.65. The first-order chi connectivity index (χ1) is 14.2. The van der Waals surface area contributed by atoms with Gasteiger partial charge in [0.05, 0.1) is 6.10 Å². The molecule has 1 aromatic rings. The number of fused-ring (bicyclic) bond motifs is 5. The fourth-order valence-corrected chi connectivity index (χ4v) is 8.15. The van der Waals surface area contributed by atoms with Crippen LogP contribution < -0.4 is 0 Å². The van der Waals surface area contributed by atoms with E-state index in [0.29, 0.717) is 23.7 Å². The van der Waals surface area contributed by atoms with Crippen molar-refractivity contribution >= 4 is 5.91 Å². The van der Waals surface area contributed by atoms with Crippen molar-refractivity contribution in [1.29, 1.82) is 0 Å². The Kier molecular flexibility index (Phi) is 4.66.